The molecule has 0 unspecified atom stereocenters. The van der Waals surface area contributed by atoms with Crippen molar-refractivity contribution in [3.05, 3.63) is 30.6 Å². The van der Waals surface area contributed by atoms with Crippen LogP contribution in [0.15, 0.2) is 30.6 Å². The summed E-state index contributed by atoms with van der Waals surface area (Å²) in [6, 6.07) is 5.10. The number of aromatic nitrogens is 4. The molecule has 8 heteroatoms. The molecule has 5 rings (SSSR count). The van der Waals surface area contributed by atoms with Crippen molar-refractivity contribution < 1.29 is 14.6 Å². The summed E-state index contributed by atoms with van der Waals surface area (Å²) in [6.07, 6.45) is 6.11. The van der Waals surface area contributed by atoms with Gasteiger partial charge >= 0.3 is 5.97 Å². The molecule has 27 heavy (non-hydrogen) atoms. The number of ether oxygens (including phenoxy) is 1. The van der Waals surface area contributed by atoms with Crippen molar-refractivity contribution in [3.63, 3.8) is 0 Å². The lowest BCUT2D eigenvalue weighted by Crippen LogP contribution is -2.31. The number of benzene rings is 1. The van der Waals surface area contributed by atoms with E-state index in [4.69, 9.17) is 9.72 Å². The zero-order valence-corrected chi connectivity index (χ0v) is 14.6. The second-order valence-electron chi connectivity index (χ2n) is 7.06. The van der Waals surface area contributed by atoms with Crippen LogP contribution >= 0.6 is 0 Å². The maximum atomic E-state index is 11.6. The Morgan fingerprint density at radius 1 is 1.33 bits per heavy atom. The van der Waals surface area contributed by atoms with Crippen molar-refractivity contribution in [1.82, 2.24) is 19.7 Å². The first-order valence-corrected chi connectivity index (χ1v) is 9.14. The Kier molecular flexibility index (Phi) is 3.70. The Bertz CT molecular complexity index is 1010. The number of rotatable bonds is 5. The molecule has 3 heterocycles. The van der Waals surface area contributed by atoms with Crippen molar-refractivity contribution in [2.75, 3.05) is 11.9 Å². The van der Waals surface area contributed by atoms with E-state index >= 15 is 0 Å². The first kappa shape index (κ1) is 16.0. The van der Waals surface area contributed by atoms with E-state index in [1.807, 2.05) is 18.2 Å². The van der Waals surface area contributed by atoms with Crippen molar-refractivity contribution in [3.8, 4) is 17.1 Å². The summed E-state index contributed by atoms with van der Waals surface area (Å²) in [5, 5.41) is 20.5. The fraction of sp³-hybridized carbons (Fsp3) is 0.368. The Morgan fingerprint density at radius 3 is 2.96 bits per heavy atom. The molecule has 138 valence electrons. The quantitative estimate of drug-likeness (QED) is 0.716. The minimum absolute atomic E-state index is 0.189. The van der Waals surface area contributed by atoms with Crippen LogP contribution < -0.4 is 10.1 Å². The number of carboxylic acids is 1. The van der Waals surface area contributed by atoms with Crippen LogP contribution in [0, 0.1) is 5.92 Å². The largest absolute Gasteiger partial charge is 0.491 e. The number of aryl methyl sites for hydroxylation is 1. The Morgan fingerprint density at radius 2 is 2.22 bits per heavy atom. The smallest absolute Gasteiger partial charge is 0.326 e. The molecule has 0 amide bonds. The first-order chi connectivity index (χ1) is 13.2. The number of imidazole rings is 1. The van der Waals surface area contributed by atoms with Gasteiger partial charge in [-0.2, -0.15) is 10.2 Å². The van der Waals surface area contributed by atoms with Crippen LogP contribution in [0.1, 0.15) is 19.3 Å². The predicted molar refractivity (Wildman–Crippen MR) is 98.6 cm³/mol. The third-order valence-corrected chi connectivity index (χ3v) is 5.11. The van der Waals surface area contributed by atoms with Crippen LogP contribution in [0.4, 0.5) is 5.69 Å². The highest BCUT2D eigenvalue weighted by atomic mass is 16.5. The number of hydrogen-bond acceptors (Lipinski definition) is 6. The van der Waals surface area contributed by atoms with Gasteiger partial charge in [-0.1, -0.05) is 0 Å². The van der Waals surface area contributed by atoms with E-state index in [0.717, 1.165) is 59.7 Å². The zero-order chi connectivity index (χ0) is 18.4. The molecule has 2 N–H and O–H groups in total. The van der Waals surface area contributed by atoms with Gasteiger partial charge in [0.05, 0.1) is 24.5 Å². The standard InChI is InChI=1S/C19H19N5O3/c25-19(26)16(11-2-3-11)22-13-8-14-17-15(9-13)27-7-1-6-24(17)18(23-14)12-4-5-20-21-10-12/h4-5,8-11,16,22H,1-3,6-7H2,(H,25,26)/t16-/m0/s1. The minimum atomic E-state index is -0.821. The highest BCUT2D eigenvalue weighted by Gasteiger charge is 2.36. The Balaban J connectivity index is 1.62. The van der Waals surface area contributed by atoms with E-state index < -0.39 is 12.0 Å². The van der Waals surface area contributed by atoms with Crippen LogP contribution in [-0.2, 0) is 11.3 Å². The van der Waals surface area contributed by atoms with E-state index in [1.54, 1.807) is 12.4 Å². The van der Waals surface area contributed by atoms with Gasteiger partial charge in [0, 0.05) is 23.9 Å². The lowest BCUT2D eigenvalue weighted by atomic mass is 10.1. The summed E-state index contributed by atoms with van der Waals surface area (Å²) in [5.74, 6) is 0.918. The number of aliphatic carboxylic acids is 1. The number of hydrogen-bond donors (Lipinski definition) is 2. The summed E-state index contributed by atoms with van der Waals surface area (Å²) >= 11 is 0. The summed E-state index contributed by atoms with van der Waals surface area (Å²) in [5.41, 5.74) is 3.33. The van der Waals surface area contributed by atoms with Gasteiger partial charge in [0.2, 0.25) is 0 Å². The molecule has 0 spiro atoms. The average molecular weight is 365 g/mol. The molecule has 8 nitrogen and oxygen atoms in total. The molecule has 2 aromatic heterocycles. The monoisotopic (exact) mass is 365 g/mol. The van der Waals surface area contributed by atoms with E-state index in [2.05, 4.69) is 20.1 Å². The predicted octanol–water partition coefficient (Wildman–Crippen LogP) is 2.55. The SMILES string of the molecule is O=C(O)[C@@H](Nc1cc2c3c(c1)nc(-c1ccnnc1)n3CCCO2)C1CC1. The molecule has 1 aliphatic heterocycles. The number of carboxylic acid groups (broad SMARTS) is 1. The van der Waals surface area contributed by atoms with Gasteiger partial charge in [0.15, 0.2) is 0 Å². The average Bonchev–Trinajstić information content (AvgIpc) is 3.47. The van der Waals surface area contributed by atoms with Crippen molar-refractivity contribution >= 4 is 22.7 Å². The third-order valence-electron chi connectivity index (χ3n) is 5.11. The Labute approximate surface area is 155 Å². The van der Waals surface area contributed by atoms with E-state index in [1.165, 1.54) is 0 Å². The van der Waals surface area contributed by atoms with Gasteiger partial charge in [0.25, 0.3) is 0 Å². The summed E-state index contributed by atoms with van der Waals surface area (Å²) in [6.45, 7) is 1.41. The first-order valence-electron chi connectivity index (χ1n) is 9.14. The van der Waals surface area contributed by atoms with Crippen molar-refractivity contribution in [2.24, 2.45) is 5.92 Å². The molecular formula is C19H19N5O3. The second-order valence-corrected chi connectivity index (χ2v) is 7.06. The molecule has 0 radical (unpaired) electrons. The molecule has 1 saturated carbocycles. The maximum Gasteiger partial charge on any atom is 0.326 e. The number of anilines is 1. The van der Waals surface area contributed by atoms with Gasteiger partial charge in [-0.3, -0.25) is 0 Å². The van der Waals surface area contributed by atoms with E-state index in [0.29, 0.717) is 6.61 Å². The topological polar surface area (TPSA) is 102 Å². The molecule has 2 aliphatic rings. The number of nitrogens with zero attached hydrogens (tertiary/aromatic N) is 4. The third kappa shape index (κ3) is 2.87. The summed E-state index contributed by atoms with van der Waals surface area (Å²) in [7, 11) is 0. The molecule has 0 bridgehead atoms. The van der Waals surface area contributed by atoms with Crippen LogP contribution in [0.5, 0.6) is 5.75 Å². The molecule has 1 aromatic carbocycles. The van der Waals surface area contributed by atoms with Gasteiger partial charge < -0.3 is 19.7 Å². The summed E-state index contributed by atoms with van der Waals surface area (Å²) in [4.78, 5) is 16.4. The maximum absolute atomic E-state index is 11.6. The molecule has 1 atom stereocenters. The Hall–Kier alpha value is -3.16. The normalized spacial score (nSPS) is 17.2. The number of nitrogens with one attached hydrogen (secondary N) is 1. The van der Waals surface area contributed by atoms with Crippen LogP contribution in [-0.4, -0.2) is 43.5 Å². The lowest BCUT2D eigenvalue weighted by Gasteiger charge is -2.16. The molecule has 3 aromatic rings. The van der Waals surface area contributed by atoms with E-state index in [9.17, 15) is 9.90 Å². The highest BCUT2D eigenvalue weighted by molar-refractivity contribution is 5.90. The van der Waals surface area contributed by atoms with Gasteiger partial charge in [0.1, 0.15) is 23.1 Å². The summed E-state index contributed by atoms with van der Waals surface area (Å²) < 4.78 is 8.10. The second kappa shape index (κ2) is 6.22. The molecule has 0 saturated heterocycles. The lowest BCUT2D eigenvalue weighted by molar-refractivity contribution is -0.138. The molecular weight excluding hydrogens is 346 g/mol. The zero-order valence-electron chi connectivity index (χ0n) is 14.6. The van der Waals surface area contributed by atoms with Crippen LogP contribution in [0.25, 0.3) is 22.4 Å². The van der Waals surface area contributed by atoms with Gasteiger partial charge in [-0.15, -0.1) is 0 Å². The fourth-order valence-electron chi connectivity index (χ4n) is 3.68. The fourth-order valence-corrected chi connectivity index (χ4v) is 3.68. The minimum Gasteiger partial charge on any atom is -0.491 e. The molecule has 1 aliphatic carbocycles. The van der Waals surface area contributed by atoms with Gasteiger partial charge in [-0.05, 0) is 37.3 Å². The van der Waals surface area contributed by atoms with Gasteiger partial charge in [-0.25, -0.2) is 9.78 Å². The highest BCUT2D eigenvalue weighted by Crippen LogP contribution is 2.38. The molecule has 1 fully saturated rings. The van der Waals surface area contributed by atoms with Crippen molar-refractivity contribution in [2.45, 2.75) is 31.8 Å². The van der Waals surface area contributed by atoms with Crippen LogP contribution in [0.2, 0.25) is 0 Å². The van der Waals surface area contributed by atoms with Crippen LogP contribution in [0.3, 0.4) is 0 Å². The van der Waals surface area contributed by atoms with E-state index in [-0.39, 0.29) is 5.92 Å². The number of carbonyl (C=O) groups is 1. The van der Waals surface area contributed by atoms with Crippen molar-refractivity contribution in [1.29, 1.82) is 0 Å².